The molecule has 0 aromatic carbocycles. The van der Waals surface area contributed by atoms with Gasteiger partial charge in [-0.05, 0) is 51.4 Å². The van der Waals surface area contributed by atoms with E-state index in [4.69, 9.17) is 11.5 Å². The van der Waals surface area contributed by atoms with Crippen molar-refractivity contribution in [3.8, 4) is 0 Å². The molecule has 0 aliphatic heterocycles. The Labute approximate surface area is 182 Å². The minimum atomic E-state index is -0.605. The molecule has 6 N–H and O–H groups in total. The van der Waals surface area contributed by atoms with E-state index >= 15 is 0 Å². The van der Waals surface area contributed by atoms with Gasteiger partial charge in [0.05, 0.1) is 0 Å². The predicted molar refractivity (Wildman–Crippen MR) is 126 cm³/mol. The van der Waals surface area contributed by atoms with E-state index < -0.39 is 12.1 Å². The summed E-state index contributed by atoms with van der Waals surface area (Å²) >= 11 is 0. The number of hydrazone groups is 2. The van der Waals surface area contributed by atoms with Gasteiger partial charge in [-0.2, -0.15) is 10.2 Å². The average molecular weight is 425 g/mol. The van der Waals surface area contributed by atoms with Crippen molar-refractivity contribution in [2.45, 2.75) is 117 Å². The van der Waals surface area contributed by atoms with Crippen molar-refractivity contribution < 1.29 is 9.59 Å². The molecule has 0 unspecified atom stereocenters. The summed E-state index contributed by atoms with van der Waals surface area (Å²) in [6, 6.07) is -1.21. The quantitative estimate of drug-likeness (QED) is 0.127. The highest BCUT2D eigenvalue weighted by atomic mass is 16.2. The standard InChI is InChI=1S/C22H44N6O2/c1-3-5-11-15-19(25-27-21(23)29)17-13-9-7-8-10-14-18-20(16-12-6-4-2)26-28-22(24)30/h3-18H2,1-2H3,(H3,23,27,29)(H3,24,28,30). The average Bonchev–Trinajstić information content (AvgIpc) is 2.71. The molecule has 0 saturated heterocycles. The van der Waals surface area contributed by atoms with Gasteiger partial charge in [-0.1, -0.05) is 65.2 Å². The fraction of sp³-hybridized carbons (Fsp3) is 0.818. The van der Waals surface area contributed by atoms with Gasteiger partial charge in [-0.3, -0.25) is 0 Å². The minimum Gasteiger partial charge on any atom is -0.350 e. The van der Waals surface area contributed by atoms with Crippen molar-refractivity contribution in [3.63, 3.8) is 0 Å². The van der Waals surface area contributed by atoms with Crippen molar-refractivity contribution >= 4 is 23.5 Å². The molecule has 0 radical (unpaired) electrons. The molecule has 0 spiro atoms. The van der Waals surface area contributed by atoms with Crippen LogP contribution in [0.5, 0.6) is 0 Å². The number of amides is 4. The lowest BCUT2D eigenvalue weighted by molar-refractivity contribution is 0.248. The van der Waals surface area contributed by atoms with Gasteiger partial charge in [0.2, 0.25) is 0 Å². The Morgan fingerprint density at radius 1 is 0.567 bits per heavy atom. The number of unbranched alkanes of at least 4 members (excludes halogenated alkanes) is 9. The van der Waals surface area contributed by atoms with Crippen LogP contribution in [-0.4, -0.2) is 23.5 Å². The van der Waals surface area contributed by atoms with Crippen molar-refractivity contribution in [2.75, 3.05) is 0 Å². The zero-order valence-corrected chi connectivity index (χ0v) is 19.2. The van der Waals surface area contributed by atoms with Gasteiger partial charge >= 0.3 is 12.1 Å². The molecule has 174 valence electrons. The highest BCUT2D eigenvalue weighted by molar-refractivity contribution is 5.86. The van der Waals surface area contributed by atoms with E-state index in [0.29, 0.717) is 0 Å². The van der Waals surface area contributed by atoms with Crippen molar-refractivity contribution in [1.82, 2.24) is 10.9 Å². The minimum absolute atomic E-state index is 0.605. The normalized spacial score (nSPS) is 12.1. The molecule has 0 rings (SSSR count). The Morgan fingerprint density at radius 2 is 0.867 bits per heavy atom. The van der Waals surface area contributed by atoms with Crippen LogP contribution in [0.25, 0.3) is 0 Å². The Bertz CT molecular complexity index is 474. The zero-order chi connectivity index (χ0) is 22.5. The first-order valence-corrected chi connectivity index (χ1v) is 11.7. The van der Waals surface area contributed by atoms with Crippen LogP contribution in [0.3, 0.4) is 0 Å². The maximum Gasteiger partial charge on any atom is 0.332 e. The zero-order valence-electron chi connectivity index (χ0n) is 19.2. The molecule has 0 atom stereocenters. The van der Waals surface area contributed by atoms with Crippen LogP contribution >= 0.6 is 0 Å². The summed E-state index contributed by atoms with van der Waals surface area (Å²) in [5.74, 6) is 0. The molecule has 8 heteroatoms. The number of urea groups is 2. The maximum atomic E-state index is 10.9. The van der Waals surface area contributed by atoms with Crippen LogP contribution < -0.4 is 22.3 Å². The summed E-state index contributed by atoms with van der Waals surface area (Å²) in [5, 5.41) is 8.32. The molecule has 0 aromatic heterocycles. The third kappa shape index (κ3) is 19.2. The summed E-state index contributed by atoms with van der Waals surface area (Å²) < 4.78 is 0. The topological polar surface area (TPSA) is 135 Å². The summed E-state index contributed by atoms with van der Waals surface area (Å²) in [6.07, 6.45) is 17.4. The second kappa shape index (κ2) is 20.2. The van der Waals surface area contributed by atoms with Crippen molar-refractivity contribution in [1.29, 1.82) is 0 Å². The van der Waals surface area contributed by atoms with E-state index in [2.05, 4.69) is 34.9 Å². The van der Waals surface area contributed by atoms with E-state index in [1.54, 1.807) is 0 Å². The smallest absolute Gasteiger partial charge is 0.332 e. The first-order valence-electron chi connectivity index (χ1n) is 11.7. The van der Waals surface area contributed by atoms with E-state index in [0.717, 1.165) is 75.6 Å². The Hall–Kier alpha value is -2.12. The molecule has 4 amide bonds. The number of carbonyl (C=O) groups excluding carboxylic acids is 2. The number of carbonyl (C=O) groups is 2. The predicted octanol–water partition coefficient (Wildman–Crippen LogP) is 5.32. The number of rotatable bonds is 19. The third-order valence-corrected chi connectivity index (χ3v) is 4.97. The van der Waals surface area contributed by atoms with Crippen LogP contribution in [0.15, 0.2) is 10.2 Å². The number of nitrogens with one attached hydrogen (secondary N) is 2. The lowest BCUT2D eigenvalue weighted by Gasteiger charge is -2.08. The first-order chi connectivity index (χ1) is 14.5. The second-order valence-electron chi connectivity index (χ2n) is 7.84. The van der Waals surface area contributed by atoms with Gasteiger partial charge in [0, 0.05) is 11.4 Å². The largest absolute Gasteiger partial charge is 0.350 e. The molecule has 8 nitrogen and oxygen atoms in total. The Kier molecular flexibility index (Phi) is 18.7. The number of hydrogen-bond acceptors (Lipinski definition) is 4. The molecule has 0 bridgehead atoms. The molecule has 0 heterocycles. The van der Waals surface area contributed by atoms with Gasteiger partial charge in [-0.15, -0.1) is 0 Å². The summed E-state index contributed by atoms with van der Waals surface area (Å²) in [5.41, 5.74) is 17.0. The third-order valence-electron chi connectivity index (χ3n) is 4.97. The van der Waals surface area contributed by atoms with Gasteiger partial charge < -0.3 is 11.5 Å². The van der Waals surface area contributed by atoms with E-state index in [-0.39, 0.29) is 0 Å². The van der Waals surface area contributed by atoms with E-state index in [1.807, 2.05) is 0 Å². The van der Waals surface area contributed by atoms with Gasteiger partial charge in [0.15, 0.2) is 0 Å². The lowest BCUT2D eigenvalue weighted by atomic mass is 10.0. The Balaban J connectivity index is 4.01. The SMILES string of the molecule is CCCCCC(CCCCCCCCC(CCCCC)=NNC(N)=O)=NNC(N)=O. The van der Waals surface area contributed by atoms with Gasteiger partial charge in [-0.25, -0.2) is 20.4 Å². The molecule has 0 aromatic rings. The van der Waals surface area contributed by atoms with Crippen LogP contribution in [0.1, 0.15) is 117 Å². The highest BCUT2D eigenvalue weighted by Gasteiger charge is 2.03. The lowest BCUT2D eigenvalue weighted by Crippen LogP contribution is -2.25. The van der Waals surface area contributed by atoms with Crippen LogP contribution in [-0.2, 0) is 0 Å². The number of nitrogens with two attached hydrogens (primary N) is 2. The van der Waals surface area contributed by atoms with Gasteiger partial charge in [0.1, 0.15) is 0 Å². The number of hydrogen-bond donors (Lipinski definition) is 4. The van der Waals surface area contributed by atoms with E-state index in [1.165, 1.54) is 38.5 Å². The molecule has 0 fully saturated rings. The highest BCUT2D eigenvalue weighted by Crippen LogP contribution is 2.13. The van der Waals surface area contributed by atoms with E-state index in [9.17, 15) is 9.59 Å². The summed E-state index contributed by atoms with van der Waals surface area (Å²) in [4.78, 5) is 21.7. The number of primary amides is 2. The fourth-order valence-electron chi connectivity index (χ4n) is 3.27. The van der Waals surface area contributed by atoms with Gasteiger partial charge in [0.25, 0.3) is 0 Å². The monoisotopic (exact) mass is 424 g/mol. The first kappa shape index (κ1) is 27.9. The maximum absolute atomic E-state index is 10.9. The molecular weight excluding hydrogens is 380 g/mol. The van der Waals surface area contributed by atoms with Crippen LogP contribution in [0.4, 0.5) is 9.59 Å². The molecule has 0 aliphatic carbocycles. The van der Waals surface area contributed by atoms with Crippen molar-refractivity contribution in [3.05, 3.63) is 0 Å². The Morgan fingerprint density at radius 3 is 1.17 bits per heavy atom. The second-order valence-corrected chi connectivity index (χ2v) is 7.84. The molecular formula is C22H44N6O2. The summed E-state index contributed by atoms with van der Waals surface area (Å²) in [6.45, 7) is 4.35. The molecule has 0 saturated carbocycles. The number of nitrogens with zero attached hydrogens (tertiary/aromatic N) is 2. The summed E-state index contributed by atoms with van der Waals surface area (Å²) in [7, 11) is 0. The van der Waals surface area contributed by atoms with Crippen LogP contribution in [0.2, 0.25) is 0 Å². The fourth-order valence-corrected chi connectivity index (χ4v) is 3.27. The van der Waals surface area contributed by atoms with Crippen LogP contribution in [0, 0.1) is 0 Å². The molecule has 30 heavy (non-hydrogen) atoms. The van der Waals surface area contributed by atoms with Crippen molar-refractivity contribution in [2.24, 2.45) is 21.7 Å². The molecule has 0 aliphatic rings.